The summed E-state index contributed by atoms with van der Waals surface area (Å²) >= 11 is 5.98. The molecule has 1 fully saturated rings. The number of aromatic carboxylic acids is 1. The van der Waals surface area contributed by atoms with Crippen molar-refractivity contribution < 1.29 is 9.90 Å². The lowest BCUT2D eigenvalue weighted by atomic mass is 9.99. The molecule has 1 N–H and O–H groups in total. The summed E-state index contributed by atoms with van der Waals surface area (Å²) in [4.78, 5) is 24.1. The molecular weight excluding hydrogens is 364 g/mol. The zero-order valence-electron chi connectivity index (χ0n) is 15.7. The highest BCUT2D eigenvalue weighted by Gasteiger charge is 2.29. The van der Waals surface area contributed by atoms with E-state index in [4.69, 9.17) is 16.7 Å². The Bertz CT molecular complexity index is 765. The molecule has 0 saturated carbocycles. The number of nitrogens with zero attached hydrogens (tertiary/aromatic N) is 4. The number of piperazine rings is 1. The molecule has 7 heteroatoms. The summed E-state index contributed by atoms with van der Waals surface area (Å²) in [5.41, 5.74) is 1.22. The number of aromatic nitrogens is 2. The second kappa shape index (κ2) is 8.67. The first kappa shape index (κ1) is 19.6. The molecule has 1 atom stereocenters. The van der Waals surface area contributed by atoms with Gasteiger partial charge >= 0.3 is 5.97 Å². The van der Waals surface area contributed by atoms with Gasteiger partial charge in [-0.3, -0.25) is 4.90 Å². The topological polar surface area (TPSA) is 69.6 Å². The molecule has 144 valence electrons. The summed E-state index contributed by atoms with van der Waals surface area (Å²) in [5.74, 6) is 0.247. The second-order valence-corrected chi connectivity index (χ2v) is 7.84. The molecule has 1 aliphatic heterocycles. The van der Waals surface area contributed by atoms with Crippen molar-refractivity contribution in [3.63, 3.8) is 0 Å². The standard InChI is InChI=1S/C20H25ClN4O2/c1-14(2)9-17-13-24(12-15-3-5-16(21)6-4-15)7-8-25(17)19-11-22-18(10-23-19)20(26)27/h3-6,10-11,14,17H,7-9,12-13H2,1-2H3,(H,26,27). The second-order valence-electron chi connectivity index (χ2n) is 7.40. The molecule has 3 rings (SSSR count). The number of carboxylic acids is 1. The number of benzene rings is 1. The average Bonchev–Trinajstić information content (AvgIpc) is 2.63. The first-order valence-corrected chi connectivity index (χ1v) is 9.59. The zero-order chi connectivity index (χ0) is 19.4. The number of halogens is 1. The third-order valence-corrected chi connectivity index (χ3v) is 5.03. The fourth-order valence-electron chi connectivity index (χ4n) is 3.54. The van der Waals surface area contributed by atoms with Gasteiger partial charge in [-0.1, -0.05) is 37.6 Å². The Hall–Kier alpha value is -2.18. The van der Waals surface area contributed by atoms with Gasteiger partial charge in [0.25, 0.3) is 0 Å². The first-order valence-electron chi connectivity index (χ1n) is 9.21. The highest BCUT2D eigenvalue weighted by molar-refractivity contribution is 6.30. The average molecular weight is 389 g/mol. The lowest BCUT2D eigenvalue weighted by molar-refractivity contribution is 0.0690. The molecule has 1 unspecified atom stereocenters. The lowest BCUT2D eigenvalue weighted by Crippen LogP contribution is -2.53. The van der Waals surface area contributed by atoms with Gasteiger partial charge in [0.1, 0.15) is 5.82 Å². The number of rotatable bonds is 6. The van der Waals surface area contributed by atoms with E-state index in [9.17, 15) is 4.79 Å². The molecule has 27 heavy (non-hydrogen) atoms. The molecule has 1 aliphatic rings. The Labute approximate surface area is 164 Å². The Kier molecular flexibility index (Phi) is 6.29. The van der Waals surface area contributed by atoms with Crippen molar-refractivity contribution in [2.75, 3.05) is 24.5 Å². The number of carbonyl (C=O) groups is 1. The third-order valence-electron chi connectivity index (χ3n) is 4.78. The van der Waals surface area contributed by atoms with Crippen molar-refractivity contribution in [2.24, 2.45) is 5.92 Å². The van der Waals surface area contributed by atoms with Crippen LogP contribution in [-0.2, 0) is 6.54 Å². The van der Waals surface area contributed by atoms with Gasteiger partial charge < -0.3 is 10.0 Å². The Morgan fingerprint density at radius 3 is 2.56 bits per heavy atom. The van der Waals surface area contributed by atoms with E-state index in [1.165, 1.54) is 11.8 Å². The Balaban J connectivity index is 1.72. The van der Waals surface area contributed by atoms with Crippen LogP contribution in [0.4, 0.5) is 5.82 Å². The predicted molar refractivity (Wildman–Crippen MR) is 106 cm³/mol. The smallest absolute Gasteiger partial charge is 0.356 e. The highest BCUT2D eigenvalue weighted by Crippen LogP contribution is 2.24. The summed E-state index contributed by atoms with van der Waals surface area (Å²) in [6, 6.07) is 8.32. The number of hydrogen-bond donors (Lipinski definition) is 1. The summed E-state index contributed by atoms with van der Waals surface area (Å²) in [7, 11) is 0. The lowest BCUT2D eigenvalue weighted by Gasteiger charge is -2.42. The summed E-state index contributed by atoms with van der Waals surface area (Å²) in [5, 5.41) is 9.77. The normalized spacial score (nSPS) is 18.1. The molecule has 0 radical (unpaired) electrons. The molecular formula is C20H25ClN4O2. The van der Waals surface area contributed by atoms with Gasteiger partial charge in [-0.05, 0) is 30.0 Å². The minimum Gasteiger partial charge on any atom is -0.476 e. The van der Waals surface area contributed by atoms with Gasteiger partial charge in [-0.15, -0.1) is 0 Å². The van der Waals surface area contributed by atoms with Gasteiger partial charge in [-0.2, -0.15) is 0 Å². The fraction of sp³-hybridized carbons (Fsp3) is 0.450. The van der Waals surface area contributed by atoms with Crippen LogP contribution in [-0.4, -0.2) is 51.6 Å². The van der Waals surface area contributed by atoms with Crippen LogP contribution in [0.2, 0.25) is 5.02 Å². The largest absolute Gasteiger partial charge is 0.476 e. The maximum Gasteiger partial charge on any atom is 0.356 e. The van der Waals surface area contributed by atoms with Crippen molar-refractivity contribution >= 4 is 23.4 Å². The highest BCUT2D eigenvalue weighted by atomic mass is 35.5. The van der Waals surface area contributed by atoms with Gasteiger partial charge in [-0.25, -0.2) is 14.8 Å². The first-order chi connectivity index (χ1) is 12.9. The minimum absolute atomic E-state index is 0.0273. The van der Waals surface area contributed by atoms with E-state index in [2.05, 4.69) is 45.7 Å². The van der Waals surface area contributed by atoms with E-state index < -0.39 is 5.97 Å². The molecule has 0 aliphatic carbocycles. The predicted octanol–water partition coefficient (Wildman–Crippen LogP) is 3.57. The monoisotopic (exact) mass is 388 g/mol. The summed E-state index contributed by atoms with van der Waals surface area (Å²) in [6.45, 7) is 8.02. The Morgan fingerprint density at radius 2 is 1.96 bits per heavy atom. The SMILES string of the molecule is CC(C)CC1CN(Cc2ccc(Cl)cc2)CCN1c1cnc(C(=O)O)cn1. The molecule has 0 amide bonds. The van der Waals surface area contributed by atoms with Crippen LogP contribution in [0.5, 0.6) is 0 Å². The Morgan fingerprint density at radius 1 is 1.22 bits per heavy atom. The van der Waals surface area contributed by atoms with Crippen LogP contribution < -0.4 is 4.90 Å². The van der Waals surface area contributed by atoms with E-state index >= 15 is 0 Å². The maximum absolute atomic E-state index is 11.0. The van der Waals surface area contributed by atoms with Crippen molar-refractivity contribution in [1.29, 1.82) is 0 Å². The summed E-state index contributed by atoms with van der Waals surface area (Å²) in [6.07, 6.45) is 3.95. The van der Waals surface area contributed by atoms with Crippen LogP contribution in [0.1, 0.15) is 36.3 Å². The quantitative estimate of drug-likeness (QED) is 0.815. The summed E-state index contributed by atoms with van der Waals surface area (Å²) < 4.78 is 0. The molecule has 0 bridgehead atoms. The number of anilines is 1. The molecule has 1 aromatic heterocycles. The molecule has 2 heterocycles. The van der Waals surface area contributed by atoms with Crippen LogP contribution >= 0.6 is 11.6 Å². The molecule has 1 saturated heterocycles. The maximum atomic E-state index is 11.0. The molecule has 0 spiro atoms. The number of carboxylic acid groups (broad SMARTS) is 1. The van der Waals surface area contributed by atoms with Gasteiger partial charge in [0.15, 0.2) is 5.69 Å². The third kappa shape index (κ3) is 5.17. The van der Waals surface area contributed by atoms with E-state index in [0.29, 0.717) is 12.0 Å². The zero-order valence-corrected chi connectivity index (χ0v) is 16.4. The van der Waals surface area contributed by atoms with Crippen molar-refractivity contribution in [1.82, 2.24) is 14.9 Å². The minimum atomic E-state index is -1.06. The van der Waals surface area contributed by atoms with E-state index in [1.807, 2.05) is 12.1 Å². The van der Waals surface area contributed by atoms with Crippen molar-refractivity contribution in [3.8, 4) is 0 Å². The van der Waals surface area contributed by atoms with Gasteiger partial charge in [0.05, 0.1) is 12.4 Å². The van der Waals surface area contributed by atoms with Crippen molar-refractivity contribution in [3.05, 3.63) is 52.9 Å². The van der Waals surface area contributed by atoms with Crippen LogP contribution in [0.25, 0.3) is 0 Å². The molecule has 1 aromatic carbocycles. The van der Waals surface area contributed by atoms with Gasteiger partial charge in [0.2, 0.25) is 0 Å². The van der Waals surface area contributed by atoms with E-state index in [1.54, 1.807) is 6.20 Å². The van der Waals surface area contributed by atoms with E-state index in [-0.39, 0.29) is 5.69 Å². The van der Waals surface area contributed by atoms with Gasteiger partial charge in [0, 0.05) is 37.2 Å². The van der Waals surface area contributed by atoms with Crippen LogP contribution in [0, 0.1) is 5.92 Å². The fourth-order valence-corrected chi connectivity index (χ4v) is 3.66. The molecule has 2 aromatic rings. The molecule has 6 nitrogen and oxygen atoms in total. The van der Waals surface area contributed by atoms with Crippen LogP contribution in [0.15, 0.2) is 36.7 Å². The van der Waals surface area contributed by atoms with Crippen molar-refractivity contribution in [2.45, 2.75) is 32.9 Å². The number of hydrogen-bond acceptors (Lipinski definition) is 5. The van der Waals surface area contributed by atoms with E-state index in [0.717, 1.165) is 43.4 Å². The van der Waals surface area contributed by atoms with Crippen LogP contribution in [0.3, 0.4) is 0 Å².